The molecule has 0 aliphatic rings. The second-order valence-corrected chi connectivity index (χ2v) is 4.32. The van der Waals surface area contributed by atoms with E-state index in [4.69, 9.17) is 0 Å². The van der Waals surface area contributed by atoms with E-state index in [9.17, 15) is 4.79 Å². The Hall–Kier alpha value is -2.01. The first-order valence-electron chi connectivity index (χ1n) is 4.74. The van der Waals surface area contributed by atoms with Gasteiger partial charge in [0.25, 0.3) is 5.56 Å². The minimum absolute atomic E-state index is 0.204. The van der Waals surface area contributed by atoms with Gasteiger partial charge in [-0.05, 0) is 18.2 Å². The summed E-state index contributed by atoms with van der Waals surface area (Å²) in [4.78, 5) is 15.3. The van der Waals surface area contributed by atoms with Crippen molar-refractivity contribution in [1.82, 2.24) is 15.2 Å². The van der Waals surface area contributed by atoms with Gasteiger partial charge in [0.2, 0.25) is 0 Å². The number of rotatable bonds is 1. The molecule has 0 fully saturated rings. The van der Waals surface area contributed by atoms with E-state index in [1.165, 1.54) is 6.07 Å². The number of hydrogen-bond acceptors (Lipinski definition) is 4. The van der Waals surface area contributed by atoms with Crippen LogP contribution in [0.25, 0.3) is 20.9 Å². The standard InChI is InChI=1S/C11H7N3OS/c15-10-6-5-8(13-14-10)11-12-7-3-1-2-4-9(7)16-11/h1-6H,(H,14,15). The zero-order chi connectivity index (χ0) is 11.0. The van der Waals surface area contributed by atoms with Crippen molar-refractivity contribution in [1.29, 1.82) is 0 Å². The third kappa shape index (κ3) is 1.51. The molecule has 5 heteroatoms. The van der Waals surface area contributed by atoms with Gasteiger partial charge in [0.15, 0.2) is 0 Å². The molecule has 4 nitrogen and oxygen atoms in total. The van der Waals surface area contributed by atoms with Crippen molar-refractivity contribution in [3.63, 3.8) is 0 Å². The monoisotopic (exact) mass is 229 g/mol. The molecule has 2 heterocycles. The van der Waals surface area contributed by atoms with E-state index in [1.807, 2.05) is 24.3 Å². The smallest absolute Gasteiger partial charge is 0.264 e. The minimum Gasteiger partial charge on any atom is -0.268 e. The van der Waals surface area contributed by atoms with Crippen molar-refractivity contribution in [3.8, 4) is 10.7 Å². The van der Waals surface area contributed by atoms with E-state index >= 15 is 0 Å². The molecule has 0 bridgehead atoms. The molecule has 0 saturated carbocycles. The normalized spacial score (nSPS) is 10.8. The highest BCUT2D eigenvalue weighted by Gasteiger charge is 2.06. The van der Waals surface area contributed by atoms with Crippen molar-refractivity contribution < 1.29 is 0 Å². The molecular weight excluding hydrogens is 222 g/mol. The van der Waals surface area contributed by atoms with Crippen LogP contribution in [0.4, 0.5) is 0 Å². The highest BCUT2D eigenvalue weighted by Crippen LogP contribution is 2.27. The maximum atomic E-state index is 10.9. The lowest BCUT2D eigenvalue weighted by molar-refractivity contribution is 0.994. The number of nitrogens with one attached hydrogen (secondary N) is 1. The fraction of sp³-hybridized carbons (Fsp3) is 0. The van der Waals surface area contributed by atoms with Crippen LogP contribution in [0.5, 0.6) is 0 Å². The molecule has 0 spiro atoms. The lowest BCUT2D eigenvalue weighted by atomic mass is 10.3. The van der Waals surface area contributed by atoms with Gasteiger partial charge in [0.05, 0.1) is 10.2 Å². The van der Waals surface area contributed by atoms with Gasteiger partial charge >= 0.3 is 0 Å². The number of fused-ring (bicyclic) bond motifs is 1. The Morgan fingerprint density at radius 1 is 1.12 bits per heavy atom. The molecule has 0 aliphatic carbocycles. The Morgan fingerprint density at radius 3 is 2.75 bits per heavy atom. The maximum absolute atomic E-state index is 10.9. The highest BCUT2D eigenvalue weighted by molar-refractivity contribution is 7.21. The van der Waals surface area contributed by atoms with Gasteiger partial charge in [-0.25, -0.2) is 10.1 Å². The van der Waals surface area contributed by atoms with Crippen LogP contribution < -0.4 is 5.56 Å². The number of H-pyrrole nitrogens is 1. The van der Waals surface area contributed by atoms with Gasteiger partial charge in [-0.3, -0.25) is 4.79 Å². The third-order valence-electron chi connectivity index (χ3n) is 2.19. The van der Waals surface area contributed by atoms with Gasteiger partial charge in [0, 0.05) is 6.07 Å². The number of aromatic nitrogens is 3. The fourth-order valence-electron chi connectivity index (χ4n) is 1.45. The molecule has 1 N–H and O–H groups in total. The lowest BCUT2D eigenvalue weighted by Gasteiger charge is -1.90. The van der Waals surface area contributed by atoms with Gasteiger partial charge in [-0.15, -0.1) is 11.3 Å². The second kappa shape index (κ2) is 3.53. The van der Waals surface area contributed by atoms with E-state index in [1.54, 1.807) is 17.4 Å². The quantitative estimate of drug-likeness (QED) is 0.694. The Bertz CT molecular complexity index is 648. The van der Waals surface area contributed by atoms with E-state index in [0.717, 1.165) is 15.2 Å². The van der Waals surface area contributed by atoms with Crippen molar-refractivity contribution >= 4 is 21.6 Å². The summed E-state index contributed by atoms with van der Waals surface area (Å²) in [6.45, 7) is 0. The van der Waals surface area contributed by atoms with Crippen LogP contribution in [0.1, 0.15) is 0 Å². The van der Waals surface area contributed by atoms with E-state index in [-0.39, 0.29) is 5.56 Å². The van der Waals surface area contributed by atoms with Crippen molar-refractivity contribution in [2.24, 2.45) is 0 Å². The van der Waals surface area contributed by atoms with Crippen LogP contribution in [-0.2, 0) is 0 Å². The molecule has 0 radical (unpaired) electrons. The first-order chi connectivity index (χ1) is 7.83. The van der Waals surface area contributed by atoms with Crippen LogP contribution in [0, 0.1) is 0 Å². The molecule has 0 saturated heterocycles. The Labute approximate surface area is 94.6 Å². The lowest BCUT2D eigenvalue weighted by Crippen LogP contribution is -2.05. The number of benzene rings is 1. The predicted molar refractivity (Wildman–Crippen MR) is 63.5 cm³/mol. The Balaban J connectivity index is 2.19. The Kier molecular flexibility index (Phi) is 2.04. The average Bonchev–Trinajstić information content (AvgIpc) is 2.73. The molecule has 78 valence electrons. The molecule has 0 amide bonds. The summed E-state index contributed by atoms with van der Waals surface area (Å²) in [7, 11) is 0. The number of aromatic amines is 1. The molecule has 2 aromatic heterocycles. The molecule has 3 aromatic rings. The zero-order valence-electron chi connectivity index (χ0n) is 8.18. The molecule has 0 atom stereocenters. The number of para-hydroxylation sites is 1. The summed E-state index contributed by atoms with van der Waals surface area (Å²) in [5.74, 6) is 0. The number of thiazole rings is 1. The summed E-state index contributed by atoms with van der Waals surface area (Å²) in [5.41, 5.74) is 1.45. The van der Waals surface area contributed by atoms with Gasteiger partial charge < -0.3 is 0 Å². The van der Waals surface area contributed by atoms with E-state index in [0.29, 0.717) is 5.69 Å². The van der Waals surface area contributed by atoms with Crippen molar-refractivity contribution in [2.45, 2.75) is 0 Å². The maximum Gasteiger partial charge on any atom is 0.264 e. The summed E-state index contributed by atoms with van der Waals surface area (Å²) in [6, 6.07) is 11.0. The summed E-state index contributed by atoms with van der Waals surface area (Å²) < 4.78 is 1.12. The molecule has 0 unspecified atom stereocenters. The van der Waals surface area contributed by atoms with Crippen LogP contribution in [0.2, 0.25) is 0 Å². The van der Waals surface area contributed by atoms with Crippen molar-refractivity contribution in [2.75, 3.05) is 0 Å². The molecular formula is C11H7N3OS. The first-order valence-corrected chi connectivity index (χ1v) is 5.56. The molecule has 0 aliphatic heterocycles. The average molecular weight is 229 g/mol. The van der Waals surface area contributed by atoms with Crippen LogP contribution in [0.3, 0.4) is 0 Å². The largest absolute Gasteiger partial charge is 0.268 e. The topological polar surface area (TPSA) is 58.6 Å². The first kappa shape index (κ1) is 9.23. The van der Waals surface area contributed by atoms with Crippen LogP contribution in [-0.4, -0.2) is 15.2 Å². The Morgan fingerprint density at radius 2 is 2.00 bits per heavy atom. The van der Waals surface area contributed by atoms with E-state index in [2.05, 4.69) is 15.2 Å². The third-order valence-corrected chi connectivity index (χ3v) is 3.25. The second-order valence-electron chi connectivity index (χ2n) is 3.29. The van der Waals surface area contributed by atoms with Crippen LogP contribution in [0.15, 0.2) is 41.2 Å². The molecule has 16 heavy (non-hydrogen) atoms. The van der Waals surface area contributed by atoms with Gasteiger partial charge in [-0.1, -0.05) is 12.1 Å². The molecule has 1 aromatic carbocycles. The summed E-state index contributed by atoms with van der Waals surface area (Å²) >= 11 is 1.56. The minimum atomic E-state index is -0.204. The molecule has 3 rings (SSSR count). The highest BCUT2D eigenvalue weighted by atomic mass is 32.1. The number of nitrogens with zero attached hydrogens (tertiary/aromatic N) is 2. The van der Waals surface area contributed by atoms with Gasteiger partial charge in [0.1, 0.15) is 10.7 Å². The predicted octanol–water partition coefficient (Wildman–Crippen LogP) is 2.05. The summed E-state index contributed by atoms with van der Waals surface area (Å²) in [6.07, 6.45) is 0. The number of hydrogen-bond donors (Lipinski definition) is 1. The summed E-state index contributed by atoms with van der Waals surface area (Å²) in [5, 5.41) is 7.18. The zero-order valence-corrected chi connectivity index (χ0v) is 8.99. The SMILES string of the molecule is O=c1ccc(-c2nc3ccccc3s2)n[nH]1. The van der Waals surface area contributed by atoms with Crippen LogP contribution >= 0.6 is 11.3 Å². The van der Waals surface area contributed by atoms with Crippen molar-refractivity contribution in [3.05, 3.63) is 46.8 Å². The van der Waals surface area contributed by atoms with E-state index < -0.39 is 0 Å². The fourth-order valence-corrected chi connectivity index (χ4v) is 2.38. The van der Waals surface area contributed by atoms with Gasteiger partial charge in [-0.2, -0.15) is 5.10 Å².